The number of furan rings is 1. The Hall–Kier alpha value is -5.69. The van der Waals surface area contributed by atoms with E-state index in [-0.39, 0.29) is 64.5 Å². The van der Waals surface area contributed by atoms with Crippen LogP contribution in [0.3, 0.4) is 0 Å². The number of rotatable bonds is 9. The van der Waals surface area contributed by atoms with Gasteiger partial charge in [-0.15, -0.1) is 0 Å². The van der Waals surface area contributed by atoms with Gasteiger partial charge in [-0.3, -0.25) is 19.7 Å². The van der Waals surface area contributed by atoms with Gasteiger partial charge in [-0.2, -0.15) is 0 Å². The van der Waals surface area contributed by atoms with Crippen LogP contribution in [-0.4, -0.2) is 47.0 Å². The molecule has 0 saturated carbocycles. The average molecular weight is 598 g/mol. The molecule has 1 saturated heterocycles. The number of carbonyl (C=O) groups is 2. The zero-order chi connectivity index (χ0) is 31.0. The van der Waals surface area contributed by atoms with Crippen LogP contribution in [0.5, 0.6) is 5.75 Å². The molecule has 1 aliphatic rings. The lowest BCUT2D eigenvalue weighted by molar-refractivity contribution is -0.385. The Balaban J connectivity index is 1.38. The fourth-order valence-electron chi connectivity index (χ4n) is 5.19. The number of methoxy groups -OCH3 is 1. The smallest absolute Gasteiger partial charge is 0.276 e. The van der Waals surface area contributed by atoms with Gasteiger partial charge in [0, 0.05) is 35.3 Å². The predicted molar refractivity (Wildman–Crippen MR) is 155 cm³/mol. The monoisotopic (exact) mass is 597 g/mol. The van der Waals surface area contributed by atoms with Gasteiger partial charge >= 0.3 is 0 Å². The summed E-state index contributed by atoms with van der Waals surface area (Å²) >= 11 is 0. The number of benzene rings is 3. The molecule has 13 heteroatoms. The summed E-state index contributed by atoms with van der Waals surface area (Å²) in [6.45, 7) is 0.369. The minimum Gasteiger partial charge on any atom is -0.496 e. The molecule has 0 spiro atoms. The number of carbonyl (C=O) groups excluding carboxylic acids is 2. The highest BCUT2D eigenvalue weighted by molar-refractivity contribution is 6.11. The maximum Gasteiger partial charge on any atom is 0.276 e. The summed E-state index contributed by atoms with van der Waals surface area (Å²) in [5.74, 6) is -1.01. The maximum atomic E-state index is 13.5. The number of ether oxygens (including phenoxy) is 2. The van der Waals surface area contributed by atoms with E-state index in [4.69, 9.17) is 19.6 Å². The Morgan fingerprint density at radius 1 is 1.11 bits per heavy atom. The second kappa shape index (κ2) is 11.2. The summed E-state index contributed by atoms with van der Waals surface area (Å²) < 4.78 is 30.2. The first-order chi connectivity index (χ1) is 21.2. The number of hydrogen-bond acceptors (Lipinski definition) is 9. The van der Waals surface area contributed by atoms with Crippen molar-refractivity contribution in [1.29, 1.82) is 0 Å². The lowest BCUT2D eigenvalue weighted by Crippen LogP contribution is -2.60. The summed E-state index contributed by atoms with van der Waals surface area (Å²) in [5, 5.41) is 15.3. The molecule has 2 amide bonds. The van der Waals surface area contributed by atoms with Gasteiger partial charge in [0.05, 0.1) is 42.4 Å². The SMILES string of the molecule is COc1ccc(Cc2cc3c(C(N)=O)c(-c4ccc(F)cc4)oc3cc2[N+](=O)[O-])cc1C(=O)NC1(c2ncccn2)COC1. The average Bonchev–Trinajstić information content (AvgIpc) is 3.38. The van der Waals surface area contributed by atoms with E-state index < -0.39 is 28.1 Å². The summed E-state index contributed by atoms with van der Waals surface area (Å²) in [6.07, 6.45) is 3.17. The first kappa shape index (κ1) is 28.4. The van der Waals surface area contributed by atoms with Crippen LogP contribution in [0.2, 0.25) is 0 Å². The molecule has 0 aliphatic carbocycles. The number of nitro groups is 1. The highest BCUT2D eigenvalue weighted by atomic mass is 19.1. The van der Waals surface area contributed by atoms with Crippen molar-refractivity contribution in [3.05, 3.63) is 117 Å². The van der Waals surface area contributed by atoms with Crippen molar-refractivity contribution in [2.24, 2.45) is 5.73 Å². The van der Waals surface area contributed by atoms with Crippen molar-refractivity contribution in [2.75, 3.05) is 20.3 Å². The van der Waals surface area contributed by atoms with Crippen LogP contribution < -0.4 is 15.8 Å². The third kappa shape index (κ3) is 5.09. The minimum atomic E-state index is -0.919. The fraction of sp³-hybridized carbons (Fsp3) is 0.161. The standard InChI is InChI=1S/C31H24FN5O7/c1-42-24-8-3-17(12-22(24)29(39)36-31(15-43-16-31)30-34-9-2-10-35-30)11-19-13-21-25(14-23(19)37(40)41)44-27(26(21)28(33)38)18-4-6-20(32)7-5-18/h2-10,12-14H,11,15-16H2,1H3,(H2,33,38)(H,36,39). The molecule has 3 aromatic carbocycles. The molecule has 3 N–H and O–H groups in total. The Bertz CT molecular complexity index is 1920. The maximum absolute atomic E-state index is 13.5. The van der Waals surface area contributed by atoms with E-state index in [0.29, 0.717) is 17.0 Å². The molecule has 222 valence electrons. The number of nitrogens with two attached hydrogens (primary N) is 1. The van der Waals surface area contributed by atoms with Gasteiger partial charge in [0.1, 0.15) is 28.4 Å². The normalized spacial score (nSPS) is 13.7. The summed E-state index contributed by atoms with van der Waals surface area (Å²) in [4.78, 5) is 46.2. The molecular weight excluding hydrogens is 573 g/mol. The van der Waals surface area contributed by atoms with Gasteiger partial charge in [-0.25, -0.2) is 14.4 Å². The first-order valence-corrected chi connectivity index (χ1v) is 13.3. The number of hydrogen-bond donors (Lipinski definition) is 2. The van der Waals surface area contributed by atoms with E-state index in [2.05, 4.69) is 15.3 Å². The summed E-state index contributed by atoms with van der Waals surface area (Å²) in [6, 6.07) is 14.5. The van der Waals surface area contributed by atoms with Gasteiger partial charge < -0.3 is 24.9 Å². The summed E-state index contributed by atoms with van der Waals surface area (Å²) in [7, 11) is 1.43. The Labute approximate surface area is 248 Å². The molecule has 2 aromatic heterocycles. The first-order valence-electron chi connectivity index (χ1n) is 13.3. The topological polar surface area (TPSA) is 173 Å². The molecule has 3 heterocycles. The molecule has 0 unspecified atom stereocenters. The zero-order valence-electron chi connectivity index (χ0n) is 23.2. The van der Waals surface area contributed by atoms with Crippen molar-refractivity contribution < 1.29 is 32.8 Å². The Kier molecular flexibility index (Phi) is 7.23. The van der Waals surface area contributed by atoms with E-state index in [1.165, 1.54) is 43.5 Å². The highest BCUT2D eigenvalue weighted by Crippen LogP contribution is 2.38. The number of nitrogens with zero attached hydrogens (tertiary/aromatic N) is 3. The van der Waals surface area contributed by atoms with Crippen molar-refractivity contribution in [1.82, 2.24) is 15.3 Å². The molecule has 0 bridgehead atoms. The van der Waals surface area contributed by atoms with Crippen molar-refractivity contribution in [3.8, 4) is 17.1 Å². The van der Waals surface area contributed by atoms with Crippen molar-refractivity contribution >= 4 is 28.5 Å². The molecule has 44 heavy (non-hydrogen) atoms. The van der Waals surface area contributed by atoms with Gasteiger partial charge in [0.2, 0.25) is 0 Å². The van der Waals surface area contributed by atoms with Crippen LogP contribution in [0.25, 0.3) is 22.3 Å². The van der Waals surface area contributed by atoms with Crippen LogP contribution >= 0.6 is 0 Å². The lowest BCUT2D eigenvalue weighted by Gasteiger charge is -2.40. The predicted octanol–water partition coefficient (Wildman–Crippen LogP) is 4.29. The Morgan fingerprint density at radius 2 is 1.84 bits per heavy atom. The molecular formula is C31H24FN5O7. The number of aromatic nitrogens is 2. The van der Waals surface area contributed by atoms with Crippen molar-refractivity contribution in [3.63, 3.8) is 0 Å². The van der Waals surface area contributed by atoms with Crippen LogP contribution in [-0.2, 0) is 16.7 Å². The second-order valence-electron chi connectivity index (χ2n) is 10.2. The van der Waals surface area contributed by atoms with E-state index in [0.717, 1.165) is 0 Å². The number of amides is 2. The molecule has 1 aliphatic heterocycles. The van der Waals surface area contributed by atoms with Crippen LogP contribution in [0, 0.1) is 15.9 Å². The van der Waals surface area contributed by atoms with Crippen molar-refractivity contribution in [2.45, 2.75) is 12.0 Å². The Morgan fingerprint density at radius 3 is 2.45 bits per heavy atom. The zero-order valence-corrected chi connectivity index (χ0v) is 23.2. The molecule has 12 nitrogen and oxygen atoms in total. The third-order valence-corrected chi connectivity index (χ3v) is 7.39. The second-order valence-corrected chi connectivity index (χ2v) is 10.2. The molecule has 0 atom stereocenters. The molecule has 5 aromatic rings. The van der Waals surface area contributed by atoms with Gasteiger partial charge in [0.25, 0.3) is 17.5 Å². The fourth-order valence-corrected chi connectivity index (χ4v) is 5.19. The van der Waals surface area contributed by atoms with E-state index >= 15 is 0 Å². The third-order valence-electron chi connectivity index (χ3n) is 7.39. The number of nitrogens with one attached hydrogen (secondary N) is 1. The quantitative estimate of drug-likeness (QED) is 0.186. The van der Waals surface area contributed by atoms with Crippen LogP contribution in [0.1, 0.15) is 37.7 Å². The number of primary amides is 1. The largest absolute Gasteiger partial charge is 0.496 e. The molecule has 6 rings (SSSR count). The van der Waals surface area contributed by atoms with E-state index in [1.54, 1.807) is 36.7 Å². The lowest BCUT2D eigenvalue weighted by atomic mass is 9.94. The molecule has 0 radical (unpaired) electrons. The van der Waals surface area contributed by atoms with Crippen LogP contribution in [0.4, 0.5) is 10.1 Å². The van der Waals surface area contributed by atoms with Crippen LogP contribution in [0.15, 0.2) is 77.5 Å². The van der Waals surface area contributed by atoms with Gasteiger partial charge in [0.15, 0.2) is 5.82 Å². The van der Waals surface area contributed by atoms with Gasteiger partial charge in [-0.05, 0) is 54.1 Å². The van der Waals surface area contributed by atoms with Gasteiger partial charge in [-0.1, -0.05) is 6.07 Å². The van der Waals surface area contributed by atoms with E-state index in [1.807, 2.05) is 0 Å². The highest BCUT2D eigenvalue weighted by Gasteiger charge is 2.45. The number of nitro benzene ring substituents is 1. The number of fused-ring (bicyclic) bond motifs is 1. The number of halogens is 1. The van der Waals surface area contributed by atoms with E-state index in [9.17, 15) is 24.1 Å². The molecule has 1 fully saturated rings. The summed E-state index contributed by atoms with van der Waals surface area (Å²) in [5.41, 5.74) is 5.96. The minimum absolute atomic E-state index is 0.00806.